The molecule has 0 aliphatic heterocycles. The number of terminal acetylenes is 1. The highest BCUT2D eigenvalue weighted by Crippen LogP contribution is 2.68. The van der Waals surface area contributed by atoms with Crippen LogP contribution in [0.4, 0.5) is 0 Å². The van der Waals surface area contributed by atoms with E-state index in [1.54, 1.807) is 0 Å². The van der Waals surface area contributed by atoms with Gasteiger partial charge in [-0.05, 0) is 99.2 Å². The SMILES string of the molecule is C#C[C@]1(O)CC[C@@]2(C)[C@@H](CC[C@@H]3[C@@H]2CC[C@]2(C)[C@@H](C(C)=O)CC[C@@H]32)C1. The van der Waals surface area contributed by atoms with E-state index >= 15 is 0 Å². The van der Waals surface area contributed by atoms with Gasteiger partial charge < -0.3 is 5.11 Å². The molecule has 4 aliphatic rings. The predicted octanol–water partition coefficient (Wildman–Crippen LogP) is 4.60. The zero-order chi connectivity index (χ0) is 18.0. The Balaban J connectivity index is 1.60. The van der Waals surface area contributed by atoms with Crippen molar-refractivity contribution in [1.82, 2.24) is 0 Å². The summed E-state index contributed by atoms with van der Waals surface area (Å²) >= 11 is 0. The van der Waals surface area contributed by atoms with E-state index in [0.29, 0.717) is 23.0 Å². The highest BCUT2D eigenvalue weighted by atomic mass is 16.3. The molecule has 2 heteroatoms. The maximum Gasteiger partial charge on any atom is 0.133 e. The van der Waals surface area contributed by atoms with Crippen molar-refractivity contribution in [2.24, 2.45) is 40.4 Å². The molecule has 8 atom stereocenters. The van der Waals surface area contributed by atoms with E-state index in [1.807, 2.05) is 6.92 Å². The molecule has 0 heterocycles. The van der Waals surface area contributed by atoms with Crippen LogP contribution in [-0.2, 0) is 4.79 Å². The van der Waals surface area contributed by atoms with Crippen LogP contribution in [-0.4, -0.2) is 16.5 Å². The fourth-order valence-electron chi connectivity index (χ4n) is 8.04. The van der Waals surface area contributed by atoms with Crippen molar-refractivity contribution in [2.45, 2.75) is 84.2 Å². The molecule has 4 saturated carbocycles. The van der Waals surface area contributed by atoms with Crippen molar-refractivity contribution in [2.75, 3.05) is 0 Å². The maximum absolute atomic E-state index is 12.2. The molecule has 4 aliphatic carbocycles. The van der Waals surface area contributed by atoms with Crippen LogP contribution in [0.3, 0.4) is 0 Å². The minimum absolute atomic E-state index is 0.240. The van der Waals surface area contributed by atoms with Crippen molar-refractivity contribution in [3.05, 3.63) is 0 Å². The Labute approximate surface area is 153 Å². The molecule has 0 aromatic carbocycles. The molecular formula is C23H34O2. The van der Waals surface area contributed by atoms with E-state index in [0.717, 1.165) is 43.4 Å². The highest BCUT2D eigenvalue weighted by Gasteiger charge is 2.61. The number of aliphatic hydroxyl groups is 1. The lowest BCUT2D eigenvalue weighted by atomic mass is 9.44. The van der Waals surface area contributed by atoms with Gasteiger partial charge in [0.05, 0.1) is 0 Å². The summed E-state index contributed by atoms with van der Waals surface area (Å²) in [6.07, 6.45) is 15.6. The van der Waals surface area contributed by atoms with Gasteiger partial charge in [-0.15, -0.1) is 6.42 Å². The topological polar surface area (TPSA) is 37.3 Å². The van der Waals surface area contributed by atoms with Gasteiger partial charge in [0.25, 0.3) is 0 Å². The second-order valence-electron chi connectivity index (χ2n) is 10.3. The second-order valence-corrected chi connectivity index (χ2v) is 10.3. The molecule has 0 radical (unpaired) electrons. The molecule has 2 nitrogen and oxygen atoms in total. The van der Waals surface area contributed by atoms with Crippen molar-refractivity contribution < 1.29 is 9.90 Å². The molecule has 1 N–H and O–H groups in total. The number of hydrogen-bond acceptors (Lipinski definition) is 2. The highest BCUT2D eigenvalue weighted by molar-refractivity contribution is 5.79. The van der Waals surface area contributed by atoms with Crippen molar-refractivity contribution in [3.8, 4) is 12.3 Å². The second kappa shape index (κ2) is 5.59. The summed E-state index contributed by atoms with van der Waals surface area (Å²) in [4.78, 5) is 12.2. The Morgan fingerprint density at radius 3 is 2.40 bits per heavy atom. The number of rotatable bonds is 1. The summed E-state index contributed by atoms with van der Waals surface area (Å²) in [5.41, 5.74) is -0.292. The quantitative estimate of drug-likeness (QED) is 0.707. The van der Waals surface area contributed by atoms with E-state index < -0.39 is 5.60 Å². The number of hydrogen-bond donors (Lipinski definition) is 1. The molecule has 0 saturated heterocycles. The van der Waals surface area contributed by atoms with Crippen molar-refractivity contribution in [3.63, 3.8) is 0 Å². The van der Waals surface area contributed by atoms with Gasteiger partial charge in [0.15, 0.2) is 0 Å². The van der Waals surface area contributed by atoms with E-state index in [-0.39, 0.29) is 5.41 Å². The van der Waals surface area contributed by atoms with Crippen LogP contribution in [0.25, 0.3) is 0 Å². The predicted molar refractivity (Wildman–Crippen MR) is 99.7 cm³/mol. The average Bonchev–Trinajstić information content (AvgIpc) is 2.93. The van der Waals surface area contributed by atoms with Crippen molar-refractivity contribution in [1.29, 1.82) is 0 Å². The van der Waals surface area contributed by atoms with Gasteiger partial charge in [-0.3, -0.25) is 4.79 Å². The first-order chi connectivity index (χ1) is 11.7. The third-order valence-electron chi connectivity index (χ3n) is 9.49. The van der Waals surface area contributed by atoms with Crippen molar-refractivity contribution >= 4 is 5.78 Å². The fourth-order valence-corrected chi connectivity index (χ4v) is 8.04. The zero-order valence-corrected chi connectivity index (χ0v) is 16.2. The number of Topliss-reactive ketones (excluding diaryl/α,β-unsaturated/α-hetero) is 1. The van der Waals surface area contributed by atoms with Gasteiger partial charge in [0.2, 0.25) is 0 Å². The molecule has 0 aromatic rings. The molecule has 4 rings (SSSR count). The maximum atomic E-state index is 12.2. The number of ketones is 1. The largest absolute Gasteiger partial charge is 0.378 e. The number of carbonyl (C=O) groups excluding carboxylic acids is 1. The van der Waals surface area contributed by atoms with E-state index in [4.69, 9.17) is 6.42 Å². The summed E-state index contributed by atoms with van der Waals surface area (Å²) in [6.45, 7) is 6.72. The normalized spacial score (nSPS) is 54.8. The lowest BCUT2D eigenvalue weighted by Crippen LogP contribution is -2.55. The van der Waals surface area contributed by atoms with E-state index in [9.17, 15) is 9.90 Å². The Bertz CT molecular complexity index is 618. The van der Waals surface area contributed by atoms with Crippen LogP contribution in [0.1, 0.15) is 78.6 Å². The van der Waals surface area contributed by atoms with Gasteiger partial charge in [0, 0.05) is 5.92 Å². The summed E-state index contributed by atoms with van der Waals surface area (Å²) in [6, 6.07) is 0. The molecule has 0 bridgehead atoms. The minimum Gasteiger partial charge on any atom is -0.378 e. The van der Waals surface area contributed by atoms with Gasteiger partial charge in [0.1, 0.15) is 11.4 Å². The Kier molecular flexibility index (Phi) is 3.94. The number of fused-ring (bicyclic) bond motifs is 5. The van der Waals surface area contributed by atoms with E-state index in [2.05, 4.69) is 19.8 Å². The van der Waals surface area contributed by atoms with E-state index in [1.165, 1.54) is 32.1 Å². The van der Waals surface area contributed by atoms with Crippen LogP contribution in [0.5, 0.6) is 0 Å². The van der Waals surface area contributed by atoms with Crippen LogP contribution in [0.15, 0.2) is 0 Å². The van der Waals surface area contributed by atoms with Crippen LogP contribution in [0.2, 0.25) is 0 Å². The van der Waals surface area contributed by atoms with Crippen LogP contribution < -0.4 is 0 Å². The zero-order valence-electron chi connectivity index (χ0n) is 16.2. The molecule has 0 unspecified atom stereocenters. The summed E-state index contributed by atoms with van der Waals surface area (Å²) in [5, 5.41) is 10.6. The van der Waals surface area contributed by atoms with Gasteiger partial charge in [-0.25, -0.2) is 0 Å². The first-order valence-electron chi connectivity index (χ1n) is 10.4. The van der Waals surface area contributed by atoms with Gasteiger partial charge in [-0.1, -0.05) is 19.8 Å². The lowest BCUT2D eigenvalue weighted by Gasteiger charge is -2.61. The monoisotopic (exact) mass is 342 g/mol. The number of carbonyl (C=O) groups is 1. The summed E-state index contributed by atoms with van der Waals surface area (Å²) in [5.74, 6) is 6.23. The summed E-state index contributed by atoms with van der Waals surface area (Å²) < 4.78 is 0. The van der Waals surface area contributed by atoms with Crippen LogP contribution in [0, 0.1) is 52.8 Å². The molecule has 0 amide bonds. The average molecular weight is 343 g/mol. The molecule has 4 fully saturated rings. The third kappa shape index (κ3) is 2.38. The molecule has 25 heavy (non-hydrogen) atoms. The first-order valence-corrected chi connectivity index (χ1v) is 10.4. The smallest absolute Gasteiger partial charge is 0.133 e. The first kappa shape index (κ1) is 17.6. The standard InChI is InChI=1S/C23H34O2/c1-5-23(25)13-12-21(3)16(14-23)6-7-17-19-9-8-18(15(2)24)22(19,4)11-10-20(17)21/h1,16-20,25H,6-14H2,2-4H3/t16-,17-,18+,19-,20-,21-,22+,23-/m0/s1. The molecule has 138 valence electrons. The Hall–Kier alpha value is -0.810. The molecule has 0 aromatic heterocycles. The van der Waals surface area contributed by atoms with Gasteiger partial charge in [-0.2, -0.15) is 0 Å². The van der Waals surface area contributed by atoms with Crippen LogP contribution >= 0.6 is 0 Å². The minimum atomic E-state index is -0.868. The molecule has 0 spiro atoms. The fraction of sp³-hybridized carbons (Fsp3) is 0.870. The lowest BCUT2D eigenvalue weighted by molar-refractivity contribution is -0.144. The third-order valence-corrected chi connectivity index (χ3v) is 9.49. The Morgan fingerprint density at radius 2 is 1.72 bits per heavy atom. The Morgan fingerprint density at radius 1 is 1.00 bits per heavy atom. The molecular weight excluding hydrogens is 308 g/mol. The summed E-state index contributed by atoms with van der Waals surface area (Å²) in [7, 11) is 0. The van der Waals surface area contributed by atoms with Gasteiger partial charge >= 0.3 is 0 Å².